The minimum absolute atomic E-state index is 0.0684. The lowest BCUT2D eigenvalue weighted by Crippen LogP contribution is -2.49. The standard InChI is InChI=1S/C21H30N2O4S/c1-14(2)22-19(24)13-28-18-11-6-5-10-17(18)21(26)27-12-20(25)23-15(3)8-7-9-16(23)4/h5-6,10-11,14-16H,7-9,12-13H2,1-4H3,(H,22,24)/t15-,16-/m1/s1. The first kappa shape index (κ1) is 22.3. The number of nitrogens with zero attached hydrogens (tertiary/aromatic N) is 1. The average Bonchev–Trinajstić information content (AvgIpc) is 2.64. The Morgan fingerprint density at radius 2 is 1.82 bits per heavy atom. The van der Waals surface area contributed by atoms with Crippen LogP contribution in [0.3, 0.4) is 0 Å². The number of benzene rings is 1. The maximum Gasteiger partial charge on any atom is 0.339 e. The zero-order valence-electron chi connectivity index (χ0n) is 17.1. The molecule has 0 saturated carbocycles. The van der Waals surface area contributed by atoms with Crippen LogP contribution in [-0.4, -0.2) is 53.2 Å². The molecule has 28 heavy (non-hydrogen) atoms. The Morgan fingerprint density at radius 1 is 1.18 bits per heavy atom. The molecule has 1 saturated heterocycles. The maximum absolute atomic E-state index is 12.5. The van der Waals surface area contributed by atoms with Crippen LogP contribution in [0.5, 0.6) is 0 Å². The molecule has 1 aromatic carbocycles. The van der Waals surface area contributed by atoms with Crippen LogP contribution in [0.1, 0.15) is 57.3 Å². The fourth-order valence-corrected chi connectivity index (χ4v) is 4.31. The summed E-state index contributed by atoms with van der Waals surface area (Å²) >= 11 is 1.28. The number of amides is 2. The number of carbonyl (C=O) groups is 3. The lowest BCUT2D eigenvalue weighted by atomic mass is 9.97. The van der Waals surface area contributed by atoms with Gasteiger partial charge in [-0.2, -0.15) is 0 Å². The molecule has 1 heterocycles. The van der Waals surface area contributed by atoms with E-state index in [0.29, 0.717) is 10.5 Å². The van der Waals surface area contributed by atoms with Gasteiger partial charge in [0.05, 0.1) is 11.3 Å². The first-order valence-electron chi connectivity index (χ1n) is 9.79. The van der Waals surface area contributed by atoms with Crippen LogP contribution in [0.15, 0.2) is 29.2 Å². The number of ether oxygens (including phenoxy) is 1. The number of piperidine rings is 1. The number of thioether (sulfide) groups is 1. The summed E-state index contributed by atoms with van der Waals surface area (Å²) in [7, 11) is 0. The van der Waals surface area contributed by atoms with E-state index in [1.165, 1.54) is 11.8 Å². The molecule has 0 aliphatic carbocycles. The number of hydrogen-bond donors (Lipinski definition) is 1. The van der Waals surface area contributed by atoms with Crippen molar-refractivity contribution < 1.29 is 19.1 Å². The van der Waals surface area contributed by atoms with Gasteiger partial charge >= 0.3 is 5.97 Å². The van der Waals surface area contributed by atoms with Crippen molar-refractivity contribution in [3.8, 4) is 0 Å². The van der Waals surface area contributed by atoms with E-state index in [-0.39, 0.29) is 42.3 Å². The highest BCUT2D eigenvalue weighted by molar-refractivity contribution is 8.00. The zero-order valence-corrected chi connectivity index (χ0v) is 17.9. The largest absolute Gasteiger partial charge is 0.452 e. The van der Waals surface area contributed by atoms with E-state index in [9.17, 15) is 14.4 Å². The van der Waals surface area contributed by atoms with Crippen LogP contribution in [0.4, 0.5) is 0 Å². The first-order valence-corrected chi connectivity index (χ1v) is 10.8. The Morgan fingerprint density at radius 3 is 2.46 bits per heavy atom. The molecule has 0 radical (unpaired) electrons. The Balaban J connectivity index is 1.95. The van der Waals surface area contributed by atoms with Crippen molar-refractivity contribution in [2.45, 2.75) is 70.0 Å². The Bertz CT molecular complexity index is 697. The van der Waals surface area contributed by atoms with Crippen LogP contribution in [0.25, 0.3) is 0 Å². The number of esters is 1. The van der Waals surface area contributed by atoms with Crippen LogP contribution in [-0.2, 0) is 14.3 Å². The van der Waals surface area contributed by atoms with Gasteiger partial charge < -0.3 is 15.0 Å². The summed E-state index contributed by atoms with van der Waals surface area (Å²) in [6.07, 6.45) is 3.06. The number of rotatable bonds is 7. The Kier molecular flexibility index (Phi) is 8.35. The molecule has 7 heteroatoms. The molecular formula is C21H30N2O4S. The summed E-state index contributed by atoms with van der Waals surface area (Å²) in [5.41, 5.74) is 0.373. The molecule has 6 nitrogen and oxygen atoms in total. The van der Waals surface area contributed by atoms with Gasteiger partial charge in [0.2, 0.25) is 5.91 Å². The van der Waals surface area contributed by atoms with Gasteiger partial charge in [0, 0.05) is 23.0 Å². The number of carbonyl (C=O) groups excluding carboxylic acids is 3. The predicted molar refractivity (Wildman–Crippen MR) is 110 cm³/mol. The number of likely N-dealkylation sites (tertiary alicyclic amines) is 1. The minimum atomic E-state index is -0.543. The highest BCUT2D eigenvalue weighted by Crippen LogP contribution is 2.24. The third kappa shape index (κ3) is 6.26. The molecule has 0 spiro atoms. The second-order valence-electron chi connectivity index (χ2n) is 7.51. The maximum atomic E-state index is 12.5. The van der Waals surface area contributed by atoms with Crippen molar-refractivity contribution in [3.05, 3.63) is 29.8 Å². The molecule has 1 aliphatic rings. The van der Waals surface area contributed by atoms with E-state index >= 15 is 0 Å². The first-order chi connectivity index (χ1) is 13.3. The second-order valence-corrected chi connectivity index (χ2v) is 8.53. The summed E-state index contributed by atoms with van der Waals surface area (Å²) in [6.45, 7) is 7.59. The molecule has 1 aliphatic heterocycles. The summed E-state index contributed by atoms with van der Waals surface area (Å²) in [4.78, 5) is 39.4. The second kappa shape index (κ2) is 10.5. The highest BCUT2D eigenvalue weighted by atomic mass is 32.2. The fraction of sp³-hybridized carbons (Fsp3) is 0.571. The highest BCUT2D eigenvalue weighted by Gasteiger charge is 2.29. The molecule has 0 unspecified atom stereocenters. The molecular weight excluding hydrogens is 376 g/mol. The monoisotopic (exact) mass is 406 g/mol. The third-order valence-corrected chi connectivity index (χ3v) is 5.80. The van der Waals surface area contributed by atoms with Crippen molar-refractivity contribution in [1.29, 1.82) is 0 Å². The summed E-state index contributed by atoms with van der Waals surface area (Å²) in [5, 5.41) is 2.82. The SMILES string of the molecule is CC(C)NC(=O)CSc1ccccc1C(=O)OCC(=O)N1[C@H](C)CCC[C@H]1C. The van der Waals surface area contributed by atoms with Gasteiger partial charge in [-0.3, -0.25) is 9.59 Å². The van der Waals surface area contributed by atoms with Crippen LogP contribution in [0, 0.1) is 0 Å². The van der Waals surface area contributed by atoms with Crippen LogP contribution >= 0.6 is 11.8 Å². The smallest absolute Gasteiger partial charge is 0.339 e. The van der Waals surface area contributed by atoms with Crippen molar-refractivity contribution in [2.75, 3.05) is 12.4 Å². The van der Waals surface area contributed by atoms with Gasteiger partial charge in [-0.25, -0.2) is 4.79 Å². The van der Waals surface area contributed by atoms with Gasteiger partial charge in [0.25, 0.3) is 5.91 Å². The summed E-state index contributed by atoms with van der Waals surface area (Å²) < 4.78 is 5.31. The number of hydrogen-bond acceptors (Lipinski definition) is 5. The Labute approximate surface area is 171 Å². The predicted octanol–water partition coefficient (Wildman–Crippen LogP) is 3.25. The Hall–Kier alpha value is -2.02. The molecule has 1 N–H and O–H groups in total. The molecule has 0 bridgehead atoms. The average molecular weight is 407 g/mol. The van der Waals surface area contributed by atoms with E-state index in [0.717, 1.165) is 19.3 Å². The zero-order chi connectivity index (χ0) is 20.7. The molecule has 2 atom stereocenters. The molecule has 1 fully saturated rings. The van der Waals surface area contributed by atoms with Crippen molar-refractivity contribution in [3.63, 3.8) is 0 Å². The van der Waals surface area contributed by atoms with E-state index in [4.69, 9.17) is 4.74 Å². The van der Waals surface area contributed by atoms with Gasteiger partial charge in [0.1, 0.15) is 0 Å². The fourth-order valence-electron chi connectivity index (χ4n) is 3.46. The molecule has 154 valence electrons. The van der Waals surface area contributed by atoms with E-state index in [1.807, 2.05) is 38.7 Å². The molecule has 2 rings (SSSR count). The molecule has 0 aromatic heterocycles. The third-order valence-electron chi connectivity index (χ3n) is 4.72. The lowest BCUT2D eigenvalue weighted by molar-refractivity contribution is -0.140. The molecule has 2 amide bonds. The quantitative estimate of drug-likeness (QED) is 0.556. The van der Waals surface area contributed by atoms with Crippen LogP contribution < -0.4 is 5.32 Å². The van der Waals surface area contributed by atoms with E-state index < -0.39 is 5.97 Å². The number of nitrogens with one attached hydrogen (secondary N) is 1. The van der Waals surface area contributed by atoms with E-state index in [1.54, 1.807) is 18.2 Å². The van der Waals surface area contributed by atoms with E-state index in [2.05, 4.69) is 5.32 Å². The van der Waals surface area contributed by atoms with Gasteiger partial charge in [0.15, 0.2) is 6.61 Å². The summed E-state index contributed by atoms with van der Waals surface area (Å²) in [5.74, 6) is -0.580. The van der Waals surface area contributed by atoms with Gasteiger partial charge in [-0.15, -0.1) is 11.8 Å². The lowest BCUT2D eigenvalue weighted by Gasteiger charge is -2.38. The van der Waals surface area contributed by atoms with Gasteiger partial charge in [-0.1, -0.05) is 12.1 Å². The van der Waals surface area contributed by atoms with Crippen molar-refractivity contribution in [2.24, 2.45) is 0 Å². The van der Waals surface area contributed by atoms with Crippen molar-refractivity contribution in [1.82, 2.24) is 10.2 Å². The molecule has 1 aromatic rings. The topological polar surface area (TPSA) is 75.7 Å². The van der Waals surface area contributed by atoms with Gasteiger partial charge in [-0.05, 0) is 59.1 Å². The minimum Gasteiger partial charge on any atom is -0.452 e. The normalized spacial score (nSPS) is 19.4. The van der Waals surface area contributed by atoms with Crippen LogP contribution in [0.2, 0.25) is 0 Å². The van der Waals surface area contributed by atoms with Crippen molar-refractivity contribution >= 4 is 29.5 Å². The summed E-state index contributed by atoms with van der Waals surface area (Å²) in [6, 6.07) is 7.38.